The Kier molecular flexibility index (Phi) is 6.41. The molecule has 0 unspecified atom stereocenters. The van der Waals surface area contributed by atoms with Crippen molar-refractivity contribution in [2.45, 2.75) is 78.0 Å². The molecule has 4 heteroatoms. The van der Waals surface area contributed by atoms with Crippen molar-refractivity contribution in [2.24, 2.45) is 0 Å². The van der Waals surface area contributed by atoms with Crippen molar-refractivity contribution >= 4 is 15.7 Å². The molecule has 0 aliphatic carbocycles. The van der Waals surface area contributed by atoms with Crippen LogP contribution in [-0.4, -0.2) is 8.42 Å². The Morgan fingerprint density at radius 2 is 1.33 bits per heavy atom. The highest BCUT2D eigenvalue weighted by Gasteiger charge is 2.27. The molecule has 0 spiro atoms. The van der Waals surface area contributed by atoms with Gasteiger partial charge >= 0.3 is 0 Å². The molecule has 0 fully saturated rings. The number of hydrogen-bond acceptors (Lipinski definition) is 2. The quantitative estimate of drug-likeness (QED) is 0.617. The molecule has 0 aromatic heterocycles. The summed E-state index contributed by atoms with van der Waals surface area (Å²) in [6.45, 7) is 16.4. The van der Waals surface area contributed by atoms with E-state index in [1.807, 2.05) is 32.0 Å². The van der Waals surface area contributed by atoms with Gasteiger partial charge in [0, 0.05) is 0 Å². The lowest BCUT2D eigenvalue weighted by molar-refractivity contribution is 0.595. The average molecular weight is 388 g/mol. The van der Waals surface area contributed by atoms with E-state index in [1.165, 1.54) is 5.56 Å². The minimum atomic E-state index is -3.70. The van der Waals surface area contributed by atoms with Crippen molar-refractivity contribution in [1.29, 1.82) is 0 Å². The molecule has 2 aromatic carbocycles. The lowest BCUT2D eigenvalue weighted by Crippen LogP contribution is -2.19. The van der Waals surface area contributed by atoms with Crippen LogP contribution in [0, 0.1) is 13.8 Å². The minimum Gasteiger partial charge on any atom is -0.279 e. The first-order chi connectivity index (χ1) is 12.5. The largest absolute Gasteiger partial charge is 0.279 e. The summed E-state index contributed by atoms with van der Waals surface area (Å²) in [7, 11) is -3.70. The summed E-state index contributed by atoms with van der Waals surface area (Å²) < 4.78 is 29.8. The summed E-state index contributed by atoms with van der Waals surface area (Å²) in [5.41, 5.74) is 5.64. The fourth-order valence-electron chi connectivity index (χ4n) is 3.26. The first-order valence-corrected chi connectivity index (χ1v) is 11.2. The lowest BCUT2D eigenvalue weighted by atomic mass is 9.89. The van der Waals surface area contributed by atoms with Crippen LogP contribution in [0.5, 0.6) is 0 Å². The number of aryl methyl sites for hydroxylation is 1. The molecule has 3 nitrogen and oxygen atoms in total. The molecule has 0 heterocycles. The Morgan fingerprint density at radius 3 is 1.78 bits per heavy atom. The zero-order valence-electron chi connectivity index (χ0n) is 17.8. The summed E-state index contributed by atoms with van der Waals surface area (Å²) in [5, 5.41) is 0. The Balaban J connectivity index is 2.72. The van der Waals surface area contributed by atoms with E-state index >= 15 is 0 Å². The first-order valence-electron chi connectivity index (χ1n) is 9.72. The molecule has 2 rings (SSSR count). The molecule has 148 valence electrons. The van der Waals surface area contributed by atoms with Gasteiger partial charge in [-0.15, -0.1) is 0 Å². The predicted octanol–water partition coefficient (Wildman–Crippen LogP) is 6.47. The number of benzene rings is 2. The van der Waals surface area contributed by atoms with Crippen LogP contribution in [-0.2, 0) is 10.0 Å². The van der Waals surface area contributed by atoms with E-state index in [1.54, 1.807) is 0 Å². The SMILES string of the molecule is Cc1cccc(NS(=O)(=O)c2c(C(C)C)cc(C(C)C)cc2C(C)C)c1C. The Morgan fingerprint density at radius 1 is 0.815 bits per heavy atom. The van der Waals surface area contributed by atoms with Gasteiger partial charge in [-0.25, -0.2) is 8.42 Å². The third-order valence-electron chi connectivity index (χ3n) is 5.20. The number of hydrogen-bond donors (Lipinski definition) is 1. The van der Waals surface area contributed by atoms with Crippen molar-refractivity contribution in [3.05, 3.63) is 58.1 Å². The second-order valence-electron chi connectivity index (χ2n) is 8.35. The van der Waals surface area contributed by atoms with Gasteiger partial charge in [0.1, 0.15) is 0 Å². The summed E-state index contributed by atoms with van der Waals surface area (Å²) in [6, 6.07) is 9.84. The highest BCUT2D eigenvalue weighted by Crippen LogP contribution is 2.36. The number of anilines is 1. The highest BCUT2D eigenvalue weighted by molar-refractivity contribution is 7.92. The van der Waals surface area contributed by atoms with Gasteiger partial charge in [0.05, 0.1) is 10.6 Å². The second kappa shape index (κ2) is 8.05. The third-order valence-corrected chi connectivity index (χ3v) is 6.69. The zero-order valence-corrected chi connectivity index (χ0v) is 18.7. The Bertz CT molecular complexity index is 896. The van der Waals surface area contributed by atoms with Crippen molar-refractivity contribution in [3.8, 4) is 0 Å². The molecule has 0 saturated carbocycles. The van der Waals surface area contributed by atoms with Gasteiger partial charge in [-0.1, -0.05) is 65.8 Å². The smallest absolute Gasteiger partial charge is 0.262 e. The average Bonchev–Trinajstić information content (AvgIpc) is 2.57. The minimum absolute atomic E-state index is 0.117. The summed E-state index contributed by atoms with van der Waals surface area (Å²) in [4.78, 5) is 0.442. The standard InChI is InChI=1S/C23H33NO2S/c1-14(2)19-12-20(15(3)4)23(21(13-19)16(5)6)27(25,26)24-22-11-9-10-17(7)18(22)8/h9-16,24H,1-8H3. The van der Waals surface area contributed by atoms with Crippen molar-refractivity contribution < 1.29 is 8.42 Å². The summed E-state index contributed by atoms with van der Waals surface area (Å²) >= 11 is 0. The molecule has 0 amide bonds. The van der Waals surface area contributed by atoms with Crippen LogP contribution in [0.15, 0.2) is 35.2 Å². The molecule has 0 saturated heterocycles. The molecular weight excluding hydrogens is 354 g/mol. The topological polar surface area (TPSA) is 46.2 Å². The molecular formula is C23H33NO2S. The molecule has 0 bridgehead atoms. The molecule has 0 aliphatic heterocycles. The number of nitrogens with one attached hydrogen (secondary N) is 1. The maximum absolute atomic E-state index is 13.5. The van der Waals surface area contributed by atoms with E-state index in [2.05, 4.69) is 58.4 Å². The lowest BCUT2D eigenvalue weighted by Gasteiger charge is -2.23. The Hall–Kier alpha value is -1.81. The van der Waals surface area contributed by atoms with Crippen LogP contribution in [0.25, 0.3) is 0 Å². The second-order valence-corrected chi connectivity index (χ2v) is 9.96. The molecule has 0 radical (unpaired) electrons. The molecule has 0 aliphatic rings. The van der Waals surface area contributed by atoms with Crippen molar-refractivity contribution in [3.63, 3.8) is 0 Å². The third kappa shape index (κ3) is 4.55. The van der Waals surface area contributed by atoms with Crippen LogP contribution in [0.4, 0.5) is 5.69 Å². The van der Waals surface area contributed by atoms with E-state index in [9.17, 15) is 8.42 Å². The highest BCUT2D eigenvalue weighted by atomic mass is 32.2. The number of rotatable bonds is 6. The van der Waals surface area contributed by atoms with Gasteiger partial charge in [-0.05, 0) is 65.5 Å². The van der Waals surface area contributed by atoms with E-state index in [0.717, 1.165) is 22.3 Å². The van der Waals surface area contributed by atoms with Crippen molar-refractivity contribution in [1.82, 2.24) is 0 Å². The predicted molar refractivity (Wildman–Crippen MR) is 115 cm³/mol. The maximum Gasteiger partial charge on any atom is 0.262 e. The Labute approximate surface area is 165 Å². The van der Waals surface area contributed by atoms with Crippen LogP contribution in [0.3, 0.4) is 0 Å². The maximum atomic E-state index is 13.5. The van der Waals surface area contributed by atoms with Gasteiger partial charge in [-0.2, -0.15) is 0 Å². The van der Waals surface area contributed by atoms with E-state index in [-0.39, 0.29) is 11.8 Å². The summed E-state index contributed by atoms with van der Waals surface area (Å²) in [6.07, 6.45) is 0. The van der Waals surface area contributed by atoms with Crippen LogP contribution < -0.4 is 4.72 Å². The monoisotopic (exact) mass is 387 g/mol. The zero-order chi connectivity index (χ0) is 20.5. The van der Waals surface area contributed by atoms with Crippen LogP contribution in [0.1, 0.15) is 87.1 Å². The van der Waals surface area contributed by atoms with Crippen molar-refractivity contribution in [2.75, 3.05) is 4.72 Å². The van der Waals surface area contributed by atoms with Gasteiger partial charge in [0.25, 0.3) is 10.0 Å². The molecule has 0 atom stereocenters. The molecule has 1 N–H and O–H groups in total. The van der Waals surface area contributed by atoms with Gasteiger partial charge in [-0.3, -0.25) is 4.72 Å². The fraction of sp³-hybridized carbons (Fsp3) is 0.478. The van der Waals surface area contributed by atoms with Crippen LogP contribution >= 0.6 is 0 Å². The van der Waals surface area contributed by atoms with Gasteiger partial charge < -0.3 is 0 Å². The normalized spacial score (nSPS) is 12.3. The first kappa shape index (κ1) is 21.5. The fourth-order valence-corrected chi connectivity index (χ4v) is 5.08. The summed E-state index contributed by atoms with van der Waals surface area (Å²) in [5.74, 6) is 0.585. The van der Waals surface area contributed by atoms with Gasteiger partial charge in [0.2, 0.25) is 0 Å². The number of sulfonamides is 1. The van der Waals surface area contributed by atoms with Gasteiger partial charge in [0.15, 0.2) is 0 Å². The van der Waals surface area contributed by atoms with E-state index in [4.69, 9.17) is 0 Å². The molecule has 2 aromatic rings. The van der Waals surface area contributed by atoms with Crippen LogP contribution in [0.2, 0.25) is 0 Å². The van der Waals surface area contributed by atoms with E-state index in [0.29, 0.717) is 16.5 Å². The molecule has 27 heavy (non-hydrogen) atoms. The van der Waals surface area contributed by atoms with E-state index < -0.39 is 10.0 Å².